The van der Waals surface area contributed by atoms with Gasteiger partial charge in [-0.15, -0.1) is 11.3 Å². The van der Waals surface area contributed by atoms with Crippen molar-refractivity contribution in [3.8, 4) is 0 Å². The number of halogens is 1. The van der Waals surface area contributed by atoms with E-state index < -0.39 is 4.92 Å². The van der Waals surface area contributed by atoms with E-state index in [0.717, 1.165) is 5.56 Å². The molecule has 0 amide bonds. The molecule has 0 aliphatic carbocycles. The van der Waals surface area contributed by atoms with E-state index in [1.54, 1.807) is 23.5 Å². The molecule has 2 aromatic rings. The highest BCUT2D eigenvalue weighted by atomic mass is 35.5. The first kappa shape index (κ1) is 14.0. The Labute approximate surface area is 120 Å². The molecule has 1 aromatic heterocycles. The summed E-state index contributed by atoms with van der Waals surface area (Å²) >= 11 is 7.46. The zero-order chi connectivity index (χ0) is 13.8. The third-order valence-corrected chi connectivity index (χ3v) is 4.16. The Bertz CT molecular complexity index is 572. The van der Waals surface area contributed by atoms with Crippen LogP contribution in [0.5, 0.6) is 0 Å². The van der Waals surface area contributed by atoms with Gasteiger partial charge in [0.25, 0.3) is 5.69 Å². The number of hydrogen-bond acceptors (Lipinski definition) is 4. The summed E-state index contributed by atoms with van der Waals surface area (Å²) in [5.41, 5.74) is 0.796. The molecule has 1 aromatic carbocycles. The predicted molar refractivity (Wildman–Crippen MR) is 77.7 cm³/mol. The standard InChI is InChI=1S/C13H13ClN2O2S/c1-9(13-3-2-6-19-13)15-8-10-4-5-11(14)12(7-10)16(17)18/h2-7,9,15H,8H2,1H3. The van der Waals surface area contributed by atoms with Gasteiger partial charge in [-0.2, -0.15) is 0 Å². The second-order valence-corrected chi connectivity index (χ2v) is 5.55. The van der Waals surface area contributed by atoms with Gasteiger partial charge in [0.15, 0.2) is 0 Å². The third-order valence-electron chi connectivity index (χ3n) is 2.79. The molecule has 1 unspecified atom stereocenters. The van der Waals surface area contributed by atoms with E-state index in [9.17, 15) is 10.1 Å². The van der Waals surface area contributed by atoms with E-state index in [4.69, 9.17) is 11.6 Å². The van der Waals surface area contributed by atoms with Crippen LogP contribution in [-0.2, 0) is 6.54 Å². The SMILES string of the molecule is CC(NCc1ccc(Cl)c([N+](=O)[O-])c1)c1cccs1. The number of nitro benzene ring substituents is 1. The summed E-state index contributed by atoms with van der Waals surface area (Å²) in [6, 6.07) is 9.15. The summed E-state index contributed by atoms with van der Waals surface area (Å²) in [5, 5.41) is 16.3. The Morgan fingerprint density at radius 1 is 1.47 bits per heavy atom. The molecule has 0 saturated carbocycles. The van der Waals surface area contributed by atoms with Crippen LogP contribution >= 0.6 is 22.9 Å². The highest BCUT2D eigenvalue weighted by Gasteiger charge is 2.13. The topological polar surface area (TPSA) is 55.2 Å². The van der Waals surface area contributed by atoms with Crippen LogP contribution in [-0.4, -0.2) is 4.92 Å². The number of nitro groups is 1. The highest BCUT2D eigenvalue weighted by molar-refractivity contribution is 7.10. The molecule has 100 valence electrons. The zero-order valence-electron chi connectivity index (χ0n) is 10.3. The van der Waals surface area contributed by atoms with Crippen LogP contribution in [0, 0.1) is 10.1 Å². The average molecular weight is 297 g/mol. The zero-order valence-corrected chi connectivity index (χ0v) is 11.9. The van der Waals surface area contributed by atoms with Gasteiger partial charge in [-0.25, -0.2) is 0 Å². The number of benzene rings is 1. The third kappa shape index (κ3) is 3.53. The maximum absolute atomic E-state index is 10.8. The fraction of sp³-hybridized carbons (Fsp3) is 0.231. The lowest BCUT2D eigenvalue weighted by atomic mass is 10.2. The number of nitrogens with one attached hydrogen (secondary N) is 1. The summed E-state index contributed by atoms with van der Waals surface area (Å²) < 4.78 is 0. The van der Waals surface area contributed by atoms with Crippen molar-refractivity contribution in [2.24, 2.45) is 0 Å². The van der Waals surface area contributed by atoms with Gasteiger partial charge in [-0.3, -0.25) is 10.1 Å². The molecular weight excluding hydrogens is 284 g/mol. The summed E-state index contributed by atoms with van der Waals surface area (Å²) in [5.74, 6) is 0. The van der Waals surface area contributed by atoms with Gasteiger partial charge in [0.2, 0.25) is 0 Å². The maximum atomic E-state index is 10.8. The van der Waals surface area contributed by atoms with Crippen LogP contribution in [0.1, 0.15) is 23.4 Å². The van der Waals surface area contributed by atoms with Gasteiger partial charge in [-0.1, -0.05) is 23.7 Å². The molecule has 0 spiro atoms. The van der Waals surface area contributed by atoms with Gasteiger partial charge in [0.1, 0.15) is 5.02 Å². The molecule has 0 radical (unpaired) electrons. The number of hydrogen-bond donors (Lipinski definition) is 1. The molecule has 1 heterocycles. The first-order chi connectivity index (χ1) is 9.08. The van der Waals surface area contributed by atoms with Gasteiger partial charge in [0, 0.05) is 23.5 Å². The molecule has 0 fully saturated rings. The molecule has 2 rings (SSSR count). The van der Waals surface area contributed by atoms with Gasteiger partial charge < -0.3 is 5.32 Å². The van der Waals surface area contributed by atoms with E-state index in [1.165, 1.54) is 10.9 Å². The van der Waals surface area contributed by atoms with Crippen molar-refractivity contribution in [2.45, 2.75) is 19.5 Å². The van der Waals surface area contributed by atoms with Crippen molar-refractivity contribution in [1.29, 1.82) is 0 Å². The first-order valence-electron chi connectivity index (χ1n) is 5.77. The van der Waals surface area contributed by atoms with Crippen LogP contribution in [0.3, 0.4) is 0 Å². The second kappa shape index (κ2) is 6.14. The van der Waals surface area contributed by atoms with Crippen LogP contribution in [0.15, 0.2) is 35.7 Å². The Kier molecular flexibility index (Phi) is 4.52. The van der Waals surface area contributed by atoms with E-state index in [2.05, 4.69) is 18.3 Å². The second-order valence-electron chi connectivity index (χ2n) is 4.16. The van der Waals surface area contributed by atoms with Crippen molar-refractivity contribution in [3.05, 3.63) is 61.3 Å². The van der Waals surface area contributed by atoms with Crippen LogP contribution in [0.2, 0.25) is 5.02 Å². The maximum Gasteiger partial charge on any atom is 0.288 e. The Balaban J connectivity index is 2.04. The monoisotopic (exact) mass is 296 g/mol. The fourth-order valence-electron chi connectivity index (χ4n) is 1.72. The predicted octanol–water partition coefficient (Wildman–Crippen LogP) is 4.16. The first-order valence-corrected chi connectivity index (χ1v) is 7.03. The number of nitrogens with zero attached hydrogens (tertiary/aromatic N) is 1. The Morgan fingerprint density at radius 3 is 2.89 bits per heavy atom. The number of rotatable bonds is 5. The van der Waals surface area contributed by atoms with Crippen molar-refractivity contribution in [1.82, 2.24) is 5.32 Å². The summed E-state index contributed by atoms with van der Waals surface area (Å²) in [6.45, 7) is 2.63. The van der Waals surface area contributed by atoms with E-state index in [-0.39, 0.29) is 16.8 Å². The Hall–Kier alpha value is -1.43. The van der Waals surface area contributed by atoms with Crippen LogP contribution < -0.4 is 5.32 Å². The van der Waals surface area contributed by atoms with Crippen molar-refractivity contribution in [2.75, 3.05) is 0 Å². The molecule has 6 heteroatoms. The smallest absolute Gasteiger partial charge is 0.288 e. The molecular formula is C13H13ClN2O2S. The minimum absolute atomic E-state index is 0.0512. The van der Waals surface area contributed by atoms with E-state index in [1.807, 2.05) is 11.4 Å². The summed E-state index contributed by atoms with van der Waals surface area (Å²) in [4.78, 5) is 11.6. The number of thiophene rings is 1. The molecule has 0 aliphatic heterocycles. The van der Waals surface area contributed by atoms with Crippen LogP contribution in [0.4, 0.5) is 5.69 Å². The van der Waals surface area contributed by atoms with Gasteiger partial charge >= 0.3 is 0 Å². The highest BCUT2D eigenvalue weighted by Crippen LogP contribution is 2.25. The van der Waals surface area contributed by atoms with Gasteiger partial charge in [-0.05, 0) is 30.0 Å². The van der Waals surface area contributed by atoms with Gasteiger partial charge in [0.05, 0.1) is 4.92 Å². The molecule has 0 aliphatic rings. The Morgan fingerprint density at radius 2 is 2.26 bits per heavy atom. The molecule has 0 bridgehead atoms. The van der Waals surface area contributed by atoms with E-state index in [0.29, 0.717) is 6.54 Å². The van der Waals surface area contributed by atoms with Crippen molar-refractivity contribution in [3.63, 3.8) is 0 Å². The average Bonchev–Trinajstić information content (AvgIpc) is 2.91. The molecule has 1 atom stereocenters. The van der Waals surface area contributed by atoms with Crippen molar-refractivity contribution < 1.29 is 4.92 Å². The molecule has 0 saturated heterocycles. The van der Waals surface area contributed by atoms with Crippen LogP contribution in [0.25, 0.3) is 0 Å². The fourth-order valence-corrected chi connectivity index (χ4v) is 2.66. The molecule has 1 N–H and O–H groups in total. The molecule has 19 heavy (non-hydrogen) atoms. The summed E-state index contributed by atoms with van der Waals surface area (Å²) in [7, 11) is 0. The van der Waals surface area contributed by atoms with E-state index >= 15 is 0 Å². The molecule has 4 nitrogen and oxygen atoms in total. The lowest BCUT2D eigenvalue weighted by Gasteiger charge is -2.12. The van der Waals surface area contributed by atoms with Crippen molar-refractivity contribution >= 4 is 28.6 Å². The largest absolute Gasteiger partial charge is 0.305 e. The lowest BCUT2D eigenvalue weighted by molar-refractivity contribution is -0.384. The quantitative estimate of drug-likeness (QED) is 0.666. The lowest BCUT2D eigenvalue weighted by Crippen LogP contribution is -2.17. The minimum Gasteiger partial charge on any atom is -0.305 e. The minimum atomic E-state index is -0.464. The summed E-state index contributed by atoms with van der Waals surface area (Å²) in [6.07, 6.45) is 0. The normalized spacial score (nSPS) is 12.3.